The number of nitroso groups, excluding NO2 is 1. The van der Waals surface area contributed by atoms with Crippen molar-refractivity contribution in [2.75, 3.05) is 23.8 Å². The number of thioether (sulfide) groups is 3. The largest absolute Gasteiger partial charge is 0.477 e. The number of fused-ring (bicyclic) bond motifs is 1. The number of nitrogens with one attached hydrogen (secondary N) is 1. The topological polar surface area (TPSA) is 245 Å². The summed E-state index contributed by atoms with van der Waals surface area (Å²) >= 11 is 4.90. The Hall–Kier alpha value is -3.42. The van der Waals surface area contributed by atoms with Crippen LogP contribution in [-0.2, 0) is 20.1 Å². The molecule has 0 bridgehead atoms. The van der Waals surface area contributed by atoms with Crippen LogP contribution in [0.25, 0.3) is 0 Å². The number of amides is 2. The zero-order chi connectivity index (χ0) is 28.1. The van der Waals surface area contributed by atoms with Gasteiger partial charge in [-0.05, 0) is 17.3 Å². The predicted octanol–water partition coefficient (Wildman–Crippen LogP) is 0.318. The molecule has 3 unspecified atom stereocenters. The Morgan fingerprint density at radius 1 is 1.36 bits per heavy atom. The number of carbonyl (C=O) groups excluding carboxylic acids is 2. The van der Waals surface area contributed by atoms with Crippen molar-refractivity contribution < 1.29 is 19.5 Å². The summed E-state index contributed by atoms with van der Waals surface area (Å²) in [6, 6.07) is 0.952. The van der Waals surface area contributed by atoms with Crippen molar-refractivity contribution in [3.8, 4) is 0 Å². The summed E-state index contributed by atoms with van der Waals surface area (Å²) in [5, 5.41) is 14.6. The number of carbonyl (C=O) groups is 3. The molecule has 39 heavy (non-hydrogen) atoms. The zero-order valence-corrected chi connectivity index (χ0v) is 23.2. The number of nitrogens with two attached hydrogens (primary N) is 3. The third-order valence-electron chi connectivity index (χ3n) is 5.34. The van der Waals surface area contributed by atoms with E-state index >= 15 is 0 Å². The molecule has 8 N–H and O–H groups in total. The highest BCUT2D eigenvalue weighted by atomic mass is 32.2. The van der Waals surface area contributed by atoms with E-state index in [-0.39, 0.29) is 28.4 Å². The van der Waals surface area contributed by atoms with Gasteiger partial charge in [-0.2, -0.15) is 16.1 Å². The molecule has 2 aromatic rings. The highest BCUT2D eigenvalue weighted by Crippen LogP contribution is 2.45. The van der Waals surface area contributed by atoms with E-state index in [1.807, 2.05) is 6.07 Å². The Kier molecular flexibility index (Phi) is 9.25. The van der Waals surface area contributed by atoms with Crippen LogP contribution in [-0.4, -0.2) is 77.6 Å². The predicted molar refractivity (Wildman–Crippen MR) is 149 cm³/mol. The van der Waals surface area contributed by atoms with Crippen molar-refractivity contribution in [2.45, 2.75) is 28.1 Å². The van der Waals surface area contributed by atoms with Crippen LogP contribution < -0.4 is 22.5 Å². The minimum atomic E-state index is -1.59. The quantitative estimate of drug-likeness (QED) is 0.0714. The second kappa shape index (κ2) is 12.6. The molecule has 2 aliphatic rings. The molecule has 0 aliphatic carbocycles. The number of nitrogen functional groups attached to an aromatic ring is 1. The van der Waals surface area contributed by atoms with E-state index in [0.29, 0.717) is 23.0 Å². The Morgan fingerprint density at radius 3 is 2.82 bits per heavy atom. The van der Waals surface area contributed by atoms with Gasteiger partial charge in [0.1, 0.15) is 17.1 Å². The van der Waals surface area contributed by atoms with Gasteiger partial charge in [-0.3, -0.25) is 24.5 Å². The SMILES string of the molecule is NC(N)=NCCSCc1ncccc1SC1=C(C(=O)O)N2C(=O)C(NC(=O)C(N=O)c3nsc(N)n3)C2SC1. The summed E-state index contributed by atoms with van der Waals surface area (Å²) in [5.41, 5.74) is 16.8. The average molecular weight is 611 g/mol. The number of aliphatic carboxylic acids is 1. The first-order chi connectivity index (χ1) is 18.7. The number of carboxylic acid groups (broad SMARTS) is 1. The molecule has 0 radical (unpaired) electrons. The third-order valence-corrected chi connectivity index (χ3v) is 9.48. The molecule has 1 fully saturated rings. The van der Waals surface area contributed by atoms with Crippen molar-refractivity contribution in [3.05, 3.63) is 45.4 Å². The molecule has 0 spiro atoms. The summed E-state index contributed by atoms with van der Waals surface area (Å²) < 4.78 is 3.83. The summed E-state index contributed by atoms with van der Waals surface area (Å²) in [4.78, 5) is 63.7. The zero-order valence-electron chi connectivity index (χ0n) is 19.9. The fourth-order valence-corrected chi connectivity index (χ4v) is 7.55. The van der Waals surface area contributed by atoms with Crippen molar-refractivity contribution in [1.29, 1.82) is 0 Å². The maximum absolute atomic E-state index is 13.0. The van der Waals surface area contributed by atoms with Gasteiger partial charge in [0.2, 0.25) is 6.04 Å². The number of aromatic nitrogens is 3. The number of carboxylic acids is 1. The minimum Gasteiger partial charge on any atom is -0.477 e. The van der Waals surface area contributed by atoms with Crippen LogP contribution in [0.2, 0.25) is 0 Å². The molecule has 4 heterocycles. The molecule has 1 saturated heterocycles. The van der Waals surface area contributed by atoms with Gasteiger partial charge in [-0.15, -0.1) is 16.7 Å². The third kappa shape index (κ3) is 6.43. The first kappa shape index (κ1) is 28.6. The number of hydrogen-bond acceptors (Lipinski definition) is 14. The normalized spacial score (nSPS) is 19.1. The number of nitrogens with zero attached hydrogens (tertiary/aromatic N) is 6. The Bertz CT molecular complexity index is 1350. The molecule has 4 rings (SSSR count). The summed E-state index contributed by atoms with van der Waals surface area (Å²) in [5.74, 6) is -1.41. The molecular formula is C20H22N10O5S4. The Balaban J connectivity index is 1.46. The molecule has 15 nitrogen and oxygen atoms in total. The van der Waals surface area contributed by atoms with Gasteiger partial charge in [-0.1, -0.05) is 11.8 Å². The van der Waals surface area contributed by atoms with Gasteiger partial charge in [0.05, 0.1) is 12.2 Å². The van der Waals surface area contributed by atoms with E-state index in [1.54, 1.807) is 24.0 Å². The lowest BCUT2D eigenvalue weighted by Crippen LogP contribution is -2.70. The average Bonchev–Trinajstić information content (AvgIpc) is 3.33. The maximum atomic E-state index is 13.0. The van der Waals surface area contributed by atoms with Crippen molar-refractivity contribution >= 4 is 75.7 Å². The van der Waals surface area contributed by atoms with Crippen LogP contribution in [0.3, 0.4) is 0 Å². The molecule has 0 aromatic carbocycles. The number of guanidine groups is 1. The lowest BCUT2D eigenvalue weighted by molar-refractivity contribution is -0.150. The lowest BCUT2D eigenvalue weighted by atomic mass is 10.0. The lowest BCUT2D eigenvalue weighted by Gasteiger charge is -2.49. The van der Waals surface area contributed by atoms with E-state index in [2.05, 4.69) is 29.8 Å². The second-order valence-corrected chi connectivity index (χ2v) is 12.0. The van der Waals surface area contributed by atoms with Crippen molar-refractivity contribution in [2.24, 2.45) is 21.6 Å². The van der Waals surface area contributed by atoms with Gasteiger partial charge in [0.25, 0.3) is 11.8 Å². The van der Waals surface area contributed by atoms with E-state index in [4.69, 9.17) is 17.2 Å². The second-order valence-electron chi connectivity index (χ2n) is 7.88. The molecule has 3 atom stereocenters. The molecular weight excluding hydrogens is 589 g/mol. The number of anilines is 1. The fraction of sp³-hybridized carbons (Fsp3) is 0.350. The van der Waals surface area contributed by atoms with Gasteiger partial charge < -0.3 is 27.6 Å². The van der Waals surface area contributed by atoms with Crippen molar-refractivity contribution in [3.63, 3.8) is 0 Å². The van der Waals surface area contributed by atoms with Crippen LogP contribution in [0.5, 0.6) is 0 Å². The first-order valence-corrected chi connectivity index (χ1v) is 14.9. The minimum absolute atomic E-state index is 0.0233. The van der Waals surface area contributed by atoms with Crippen LogP contribution in [0.1, 0.15) is 17.6 Å². The first-order valence-electron chi connectivity index (χ1n) is 11.1. The maximum Gasteiger partial charge on any atom is 0.353 e. The molecule has 2 aromatic heterocycles. The molecule has 19 heteroatoms. The van der Waals surface area contributed by atoms with E-state index in [9.17, 15) is 24.4 Å². The van der Waals surface area contributed by atoms with Gasteiger partial charge in [-0.25, -0.2) is 9.78 Å². The number of aliphatic imine (C=N–C) groups is 1. The summed E-state index contributed by atoms with van der Waals surface area (Å²) in [7, 11) is 0. The highest BCUT2D eigenvalue weighted by molar-refractivity contribution is 8.06. The molecule has 206 valence electrons. The Labute approximate surface area is 238 Å². The van der Waals surface area contributed by atoms with Crippen LogP contribution in [0, 0.1) is 4.91 Å². The van der Waals surface area contributed by atoms with Crippen molar-refractivity contribution in [1.82, 2.24) is 24.6 Å². The summed E-state index contributed by atoms with van der Waals surface area (Å²) in [6.07, 6.45) is 1.65. The van der Waals surface area contributed by atoms with E-state index in [1.165, 1.54) is 23.5 Å². The fourth-order valence-electron chi connectivity index (χ4n) is 3.64. The molecule has 2 aliphatic heterocycles. The number of pyridine rings is 1. The van der Waals surface area contributed by atoms with Crippen LogP contribution in [0.15, 0.2) is 44.0 Å². The van der Waals surface area contributed by atoms with Gasteiger partial charge in [0, 0.05) is 44.8 Å². The van der Waals surface area contributed by atoms with E-state index in [0.717, 1.165) is 27.0 Å². The number of β-lactam (4-membered cyclic amide) rings is 1. The van der Waals surface area contributed by atoms with Crippen LogP contribution >= 0.6 is 46.8 Å². The van der Waals surface area contributed by atoms with Crippen LogP contribution in [0.4, 0.5) is 5.13 Å². The van der Waals surface area contributed by atoms with Gasteiger partial charge in [0.15, 0.2) is 16.9 Å². The Morgan fingerprint density at radius 2 is 2.15 bits per heavy atom. The molecule has 2 amide bonds. The number of hydrogen-bond donors (Lipinski definition) is 5. The number of rotatable bonds is 12. The van der Waals surface area contributed by atoms with Gasteiger partial charge >= 0.3 is 5.97 Å². The molecule has 0 saturated carbocycles. The standard InChI is InChI=1S/C20H22N10O5S4/c21-19(22)25-4-5-36-6-8-9(2-1-3-24-8)38-10-7-37-17-12(16(32)30(17)13(10)18(33)34)26-15(31)11(28-35)14-27-20(23)39-29-14/h1-3,11-12,17H,4-7H2,(H,26,31)(H,33,34)(H4,21,22,25)(H2,23,27,29). The smallest absolute Gasteiger partial charge is 0.353 e. The summed E-state index contributed by atoms with van der Waals surface area (Å²) in [6.45, 7) is 0.460. The highest BCUT2D eigenvalue weighted by Gasteiger charge is 2.55. The monoisotopic (exact) mass is 610 g/mol. The van der Waals surface area contributed by atoms with E-state index < -0.39 is 35.2 Å².